The van der Waals surface area contributed by atoms with Crippen molar-refractivity contribution in [3.63, 3.8) is 0 Å². The number of benzene rings is 2. The fourth-order valence-corrected chi connectivity index (χ4v) is 3.44. The van der Waals surface area contributed by atoms with E-state index in [2.05, 4.69) is 5.32 Å². The predicted molar refractivity (Wildman–Crippen MR) is 92.4 cm³/mol. The minimum Gasteiger partial charge on any atom is -0.459 e. The molecule has 0 spiro atoms. The topological polar surface area (TPSA) is 85.6 Å². The fourth-order valence-electron chi connectivity index (χ4n) is 2.01. The summed E-state index contributed by atoms with van der Waals surface area (Å²) in [4.78, 5) is 11.7. The van der Waals surface area contributed by atoms with Gasteiger partial charge < -0.3 is 13.9 Å². The summed E-state index contributed by atoms with van der Waals surface area (Å²) in [5, 5.41) is 2.69. The first-order valence-corrected chi connectivity index (χ1v) is 8.88. The van der Waals surface area contributed by atoms with Crippen LogP contribution >= 0.6 is 11.6 Å². The minimum absolute atomic E-state index is 0.0739. The smallest absolute Gasteiger partial charge is 0.340 e. The highest BCUT2D eigenvalue weighted by molar-refractivity contribution is 7.87. The Morgan fingerprint density at radius 1 is 1.00 bits per heavy atom. The van der Waals surface area contributed by atoms with Crippen LogP contribution < -0.4 is 9.50 Å². The molecule has 128 valence electrons. The average molecular weight is 378 g/mol. The fraction of sp³-hybridized carbons (Fsp3) is 0. The summed E-state index contributed by atoms with van der Waals surface area (Å²) in [6.07, 6.45) is 1.39. The Kier molecular flexibility index (Phi) is 4.78. The highest BCUT2D eigenvalue weighted by Crippen LogP contribution is 2.25. The zero-order valence-electron chi connectivity index (χ0n) is 12.7. The van der Waals surface area contributed by atoms with Gasteiger partial charge in [-0.1, -0.05) is 23.7 Å². The molecule has 1 heterocycles. The van der Waals surface area contributed by atoms with E-state index in [1.165, 1.54) is 48.7 Å². The SMILES string of the molecule is O=C(Nc1ccc(OS(=O)(=O)c2ccccc2Cl)cc1)c1ccco1. The van der Waals surface area contributed by atoms with Crippen LogP contribution in [0.4, 0.5) is 5.69 Å². The Hall–Kier alpha value is -2.77. The van der Waals surface area contributed by atoms with Crippen LogP contribution in [0, 0.1) is 0 Å². The molecule has 8 heteroatoms. The third-order valence-corrected chi connectivity index (χ3v) is 4.92. The van der Waals surface area contributed by atoms with Crippen molar-refractivity contribution in [2.45, 2.75) is 4.90 Å². The van der Waals surface area contributed by atoms with Crippen LogP contribution in [0.2, 0.25) is 5.02 Å². The minimum atomic E-state index is -4.05. The number of rotatable bonds is 5. The number of carbonyl (C=O) groups excluding carboxylic acids is 1. The Bertz CT molecular complexity index is 982. The number of nitrogens with one attached hydrogen (secondary N) is 1. The number of halogens is 1. The molecule has 2 aromatic carbocycles. The second-order valence-electron chi connectivity index (χ2n) is 4.92. The molecule has 3 aromatic rings. The number of anilines is 1. The van der Waals surface area contributed by atoms with Gasteiger partial charge in [-0.25, -0.2) is 0 Å². The van der Waals surface area contributed by atoms with Gasteiger partial charge >= 0.3 is 10.1 Å². The molecule has 0 radical (unpaired) electrons. The van der Waals surface area contributed by atoms with Gasteiger partial charge in [0.1, 0.15) is 10.6 Å². The lowest BCUT2D eigenvalue weighted by molar-refractivity contribution is 0.0996. The average Bonchev–Trinajstić information content (AvgIpc) is 3.11. The summed E-state index contributed by atoms with van der Waals surface area (Å²) in [6.45, 7) is 0. The van der Waals surface area contributed by atoms with E-state index in [1.54, 1.807) is 18.2 Å². The van der Waals surface area contributed by atoms with Gasteiger partial charge in [-0.2, -0.15) is 8.42 Å². The second-order valence-corrected chi connectivity index (χ2v) is 6.85. The van der Waals surface area contributed by atoms with E-state index in [1.807, 2.05) is 0 Å². The molecule has 0 aliphatic heterocycles. The lowest BCUT2D eigenvalue weighted by Crippen LogP contribution is -2.12. The van der Waals surface area contributed by atoms with Crippen molar-refractivity contribution in [3.8, 4) is 5.75 Å². The molecule has 0 unspecified atom stereocenters. The largest absolute Gasteiger partial charge is 0.459 e. The summed E-state index contributed by atoms with van der Waals surface area (Å²) < 4.78 is 34.5. The molecular formula is C17H12ClNO5S. The van der Waals surface area contributed by atoms with E-state index in [9.17, 15) is 13.2 Å². The normalized spacial score (nSPS) is 11.1. The number of amides is 1. The molecule has 3 rings (SSSR count). The molecule has 0 bridgehead atoms. The van der Waals surface area contributed by atoms with E-state index in [0.29, 0.717) is 5.69 Å². The Morgan fingerprint density at radius 2 is 1.72 bits per heavy atom. The van der Waals surface area contributed by atoms with E-state index < -0.39 is 16.0 Å². The van der Waals surface area contributed by atoms with Crippen LogP contribution in [0.15, 0.2) is 76.2 Å². The molecule has 0 fully saturated rings. The van der Waals surface area contributed by atoms with Crippen molar-refractivity contribution >= 4 is 33.3 Å². The van der Waals surface area contributed by atoms with Crippen LogP contribution in [-0.4, -0.2) is 14.3 Å². The van der Waals surface area contributed by atoms with Gasteiger partial charge in [0.25, 0.3) is 5.91 Å². The van der Waals surface area contributed by atoms with Gasteiger partial charge in [-0.3, -0.25) is 4.79 Å². The number of furan rings is 1. The molecule has 25 heavy (non-hydrogen) atoms. The molecule has 6 nitrogen and oxygen atoms in total. The Balaban J connectivity index is 1.72. The first-order chi connectivity index (χ1) is 12.0. The van der Waals surface area contributed by atoms with E-state index in [4.69, 9.17) is 20.2 Å². The quantitative estimate of drug-likeness (QED) is 0.680. The van der Waals surface area contributed by atoms with E-state index in [0.717, 1.165) is 0 Å². The molecule has 1 aromatic heterocycles. The molecular weight excluding hydrogens is 366 g/mol. The second kappa shape index (κ2) is 7.00. The number of carbonyl (C=O) groups is 1. The summed E-state index contributed by atoms with van der Waals surface area (Å²) in [5.41, 5.74) is 0.462. The Labute approximate surface area is 149 Å². The van der Waals surface area contributed by atoms with Gasteiger partial charge in [0, 0.05) is 5.69 Å². The maximum atomic E-state index is 12.3. The lowest BCUT2D eigenvalue weighted by Gasteiger charge is -2.09. The highest BCUT2D eigenvalue weighted by atomic mass is 35.5. The maximum Gasteiger partial charge on any atom is 0.340 e. The maximum absolute atomic E-state index is 12.3. The summed E-state index contributed by atoms with van der Waals surface area (Å²) in [7, 11) is -4.05. The summed E-state index contributed by atoms with van der Waals surface area (Å²) in [6, 6.07) is 15.0. The van der Waals surface area contributed by atoms with Gasteiger partial charge in [0.15, 0.2) is 5.76 Å². The van der Waals surface area contributed by atoms with Crippen LogP contribution in [0.1, 0.15) is 10.6 Å². The first-order valence-electron chi connectivity index (χ1n) is 7.10. The van der Waals surface area contributed by atoms with Crippen molar-refractivity contribution in [1.29, 1.82) is 0 Å². The molecule has 1 amide bonds. The Morgan fingerprint density at radius 3 is 2.36 bits per heavy atom. The number of hydrogen-bond acceptors (Lipinski definition) is 5. The van der Waals surface area contributed by atoms with Gasteiger partial charge in [0.2, 0.25) is 0 Å². The third-order valence-electron chi connectivity index (χ3n) is 3.17. The van der Waals surface area contributed by atoms with Crippen molar-refractivity contribution in [2.24, 2.45) is 0 Å². The molecule has 0 aliphatic carbocycles. The van der Waals surface area contributed by atoms with Crippen LogP contribution in [0.5, 0.6) is 5.75 Å². The van der Waals surface area contributed by atoms with E-state index in [-0.39, 0.29) is 21.4 Å². The van der Waals surface area contributed by atoms with Crippen molar-refractivity contribution in [2.75, 3.05) is 5.32 Å². The van der Waals surface area contributed by atoms with Gasteiger partial charge in [-0.05, 0) is 48.5 Å². The molecule has 0 atom stereocenters. The molecule has 1 N–H and O–H groups in total. The lowest BCUT2D eigenvalue weighted by atomic mass is 10.3. The zero-order chi connectivity index (χ0) is 17.9. The van der Waals surface area contributed by atoms with Crippen molar-refractivity contribution in [3.05, 3.63) is 77.7 Å². The first kappa shape index (κ1) is 17.1. The van der Waals surface area contributed by atoms with Crippen LogP contribution in [-0.2, 0) is 10.1 Å². The van der Waals surface area contributed by atoms with Crippen LogP contribution in [0.3, 0.4) is 0 Å². The van der Waals surface area contributed by atoms with Crippen molar-refractivity contribution < 1.29 is 21.8 Å². The summed E-state index contributed by atoms with van der Waals surface area (Å²) in [5.74, 6) is -0.153. The molecule has 0 aliphatic rings. The molecule has 0 saturated heterocycles. The zero-order valence-corrected chi connectivity index (χ0v) is 14.3. The highest BCUT2D eigenvalue weighted by Gasteiger charge is 2.19. The standard InChI is InChI=1S/C17H12ClNO5S/c18-14-4-1-2-6-16(14)25(21,22)24-13-9-7-12(8-10-13)19-17(20)15-5-3-11-23-15/h1-11H,(H,19,20). The third kappa shape index (κ3) is 4.01. The monoisotopic (exact) mass is 377 g/mol. The van der Waals surface area contributed by atoms with Gasteiger partial charge in [0.05, 0.1) is 11.3 Å². The molecule has 0 saturated carbocycles. The number of hydrogen-bond donors (Lipinski definition) is 1. The van der Waals surface area contributed by atoms with Gasteiger partial charge in [-0.15, -0.1) is 0 Å². The summed E-state index contributed by atoms with van der Waals surface area (Å²) >= 11 is 5.89. The predicted octanol–water partition coefficient (Wildman–Crippen LogP) is 3.95. The van der Waals surface area contributed by atoms with Crippen molar-refractivity contribution in [1.82, 2.24) is 0 Å². The van der Waals surface area contributed by atoms with Crippen LogP contribution in [0.25, 0.3) is 0 Å². The van der Waals surface area contributed by atoms with E-state index >= 15 is 0 Å².